The third-order valence-corrected chi connectivity index (χ3v) is 5.99. The topological polar surface area (TPSA) is 121 Å². The number of rotatable bonds is 6. The number of aliphatic hydroxyl groups is 1. The Morgan fingerprint density at radius 2 is 1.89 bits per heavy atom. The summed E-state index contributed by atoms with van der Waals surface area (Å²) in [6.45, 7) is 5.90. The molecule has 200 valence electrons. The van der Waals surface area contributed by atoms with Crippen LogP contribution in [0.3, 0.4) is 0 Å². The van der Waals surface area contributed by atoms with Crippen molar-refractivity contribution >= 4 is 11.6 Å². The van der Waals surface area contributed by atoms with Crippen LogP contribution in [-0.2, 0) is 12.2 Å². The molecule has 12 heteroatoms. The molecule has 0 atom stereocenters. The first-order valence-electron chi connectivity index (χ1n) is 11.1. The quantitative estimate of drug-likeness (QED) is 0.380. The molecule has 0 fully saturated rings. The number of halogens is 4. The van der Waals surface area contributed by atoms with Gasteiger partial charge in [-0.05, 0) is 39.8 Å². The first-order valence-corrected chi connectivity index (χ1v) is 11.5. The number of nitrogens with zero attached hydrogens (tertiary/aromatic N) is 3. The van der Waals surface area contributed by atoms with Crippen LogP contribution < -0.4 is 15.3 Å². The summed E-state index contributed by atoms with van der Waals surface area (Å²) >= 11 is 6.28. The fourth-order valence-electron chi connectivity index (χ4n) is 3.74. The van der Waals surface area contributed by atoms with Gasteiger partial charge in [-0.15, -0.1) is 0 Å². The van der Waals surface area contributed by atoms with Gasteiger partial charge in [0.05, 0.1) is 11.9 Å². The van der Waals surface area contributed by atoms with E-state index in [2.05, 4.69) is 15.0 Å². The summed E-state index contributed by atoms with van der Waals surface area (Å²) in [5.74, 6) is -2.56. The molecule has 38 heavy (non-hydrogen) atoms. The highest BCUT2D eigenvalue weighted by atomic mass is 35.5. The summed E-state index contributed by atoms with van der Waals surface area (Å²) in [4.78, 5) is 24.1. The second-order valence-corrected chi connectivity index (χ2v) is 9.33. The van der Waals surface area contributed by atoms with Gasteiger partial charge in [0, 0.05) is 23.4 Å². The smallest absolute Gasteiger partial charge is 0.278 e. The zero-order valence-corrected chi connectivity index (χ0v) is 21.6. The number of aryl methyl sites for hydroxylation is 2. The van der Waals surface area contributed by atoms with Crippen molar-refractivity contribution in [2.45, 2.75) is 39.9 Å². The molecule has 4 heterocycles. The SMILES string of the molecule is Cc1c[nH+]c(-c2cccc(C(C)(C)O)n2)c(F)c1-n1c(C)cc(OCc2ncc(F)cc2F)c(Cl)c1=O.[OH-]. The minimum atomic E-state index is -1.25. The molecule has 8 nitrogen and oxygen atoms in total. The average Bonchev–Trinajstić information content (AvgIpc) is 2.83. The van der Waals surface area contributed by atoms with E-state index in [-0.39, 0.29) is 44.7 Å². The van der Waals surface area contributed by atoms with Crippen molar-refractivity contribution in [1.82, 2.24) is 14.5 Å². The minimum Gasteiger partial charge on any atom is -0.870 e. The molecule has 0 aromatic carbocycles. The van der Waals surface area contributed by atoms with E-state index in [0.29, 0.717) is 17.3 Å². The fraction of sp³-hybridized carbons (Fsp3) is 0.231. The lowest BCUT2D eigenvalue weighted by atomic mass is 10.0. The van der Waals surface area contributed by atoms with E-state index >= 15 is 4.39 Å². The maximum Gasteiger partial charge on any atom is 0.278 e. The minimum absolute atomic E-state index is 0. The number of ether oxygens (including phenoxy) is 1. The molecule has 0 saturated carbocycles. The van der Waals surface area contributed by atoms with Crippen molar-refractivity contribution in [2.24, 2.45) is 0 Å². The van der Waals surface area contributed by atoms with Gasteiger partial charge in [0.25, 0.3) is 11.3 Å². The number of pyridine rings is 4. The summed E-state index contributed by atoms with van der Waals surface area (Å²) in [6, 6.07) is 6.91. The second-order valence-electron chi connectivity index (χ2n) is 8.95. The molecule has 0 aliphatic heterocycles. The lowest BCUT2D eigenvalue weighted by Crippen LogP contribution is -2.26. The Balaban J connectivity index is 0.00000400. The van der Waals surface area contributed by atoms with E-state index in [0.717, 1.165) is 10.8 Å². The van der Waals surface area contributed by atoms with Crippen molar-refractivity contribution in [3.63, 3.8) is 0 Å². The van der Waals surface area contributed by atoms with E-state index < -0.39 is 35.2 Å². The molecule has 0 radical (unpaired) electrons. The normalized spacial score (nSPS) is 11.3. The summed E-state index contributed by atoms with van der Waals surface area (Å²) in [6.07, 6.45) is 2.37. The Morgan fingerprint density at radius 3 is 2.55 bits per heavy atom. The number of hydrogen-bond acceptors (Lipinski definition) is 6. The van der Waals surface area contributed by atoms with Crippen LogP contribution in [0.5, 0.6) is 5.75 Å². The highest BCUT2D eigenvalue weighted by Crippen LogP contribution is 2.29. The molecule has 0 amide bonds. The first kappa shape index (κ1) is 28.8. The standard InChI is InChI=1S/C26H22ClF3N4O3.H2O/c1-13-10-32-23(17-6-5-7-20(33-17)26(3,4)36)22(30)24(13)34-14(2)8-19(21(27)25(34)35)37-12-18-16(29)9-15(28)11-31-18;/h5-11,36H,12H2,1-4H3;1H2. The van der Waals surface area contributed by atoms with E-state index in [1.165, 1.54) is 12.3 Å². The highest BCUT2D eigenvalue weighted by Gasteiger charge is 2.27. The molecule has 0 unspecified atom stereocenters. The van der Waals surface area contributed by atoms with Gasteiger partial charge < -0.3 is 15.3 Å². The fourth-order valence-corrected chi connectivity index (χ4v) is 3.93. The van der Waals surface area contributed by atoms with Gasteiger partial charge in [0.15, 0.2) is 12.0 Å². The Hall–Kier alpha value is -3.80. The lowest BCUT2D eigenvalue weighted by Gasteiger charge is -2.17. The summed E-state index contributed by atoms with van der Waals surface area (Å²) in [5, 5.41) is 9.94. The van der Waals surface area contributed by atoms with Gasteiger partial charge in [-0.25, -0.2) is 18.7 Å². The monoisotopic (exact) mass is 548 g/mol. The van der Waals surface area contributed by atoms with E-state index in [1.807, 2.05) is 0 Å². The van der Waals surface area contributed by atoms with Gasteiger partial charge in [-0.3, -0.25) is 14.3 Å². The molecule has 0 aliphatic carbocycles. The molecule has 3 N–H and O–H groups in total. The van der Waals surface area contributed by atoms with Gasteiger partial charge in [-0.1, -0.05) is 17.7 Å². The molecule has 0 spiro atoms. The summed E-state index contributed by atoms with van der Waals surface area (Å²) in [7, 11) is 0. The van der Waals surface area contributed by atoms with Crippen LogP contribution in [0.1, 0.15) is 36.5 Å². The number of aromatic amines is 1. The number of aromatic nitrogens is 4. The van der Waals surface area contributed by atoms with E-state index in [9.17, 15) is 18.7 Å². The van der Waals surface area contributed by atoms with Crippen LogP contribution in [0.15, 0.2) is 47.5 Å². The first-order chi connectivity index (χ1) is 17.4. The predicted molar refractivity (Wildman–Crippen MR) is 132 cm³/mol. The Kier molecular flexibility index (Phi) is 8.25. The number of hydrogen-bond donors (Lipinski definition) is 1. The van der Waals surface area contributed by atoms with E-state index in [1.54, 1.807) is 45.9 Å². The van der Waals surface area contributed by atoms with Crippen LogP contribution in [0.4, 0.5) is 13.2 Å². The molecular formula is C26H24ClF3N4O4. The largest absolute Gasteiger partial charge is 0.870 e. The van der Waals surface area contributed by atoms with Gasteiger partial charge >= 0.3 is 0 Å². The van der Waals surface area contributed by atoms with Crippen molar-refractivity contribution < 1.29 is 33.5 Å². The van der Waals surface area contributed by atoms with Crippen molar-refractivity contribution in [3.05, 3.63) is 98.2 Å². The van der Waals surface area contributed by atoms with Crippen LogP contribution in [-0.4, -0.2) is 25.1 Å². The van der Waals surface area contributed by atoms with Crippen molar-refractivity contribution in [3.8, 4) is 22.8 Å². The zero-order valence-electron chi connectivity index (χ0n) is 20.8. The van der Waals surface area contributed by atoms with Crippen LogP contribution >= 0.6 is 11.6 Å². The predicted octanol–water partition coefficient (Wildman–Crippen LogP) is 4.43. The van der Waals surface area contributed by atoms with Gasteiger partial charge in [0.1, 0.15) is 45.9 Å². The third-order valence-electron chi connectivity index (χ3n) is 5.64. The zero-order chi connectivity index (χ0) is 27.1. The Labute approximate surface area is 220 Å². The van der Waals surface area contributed by atoms with E-state index in [4.69, 9.17) is 16.3 Å². The molecule has 4 aromatic rings. The van der Waals surface area contributed by atoms with Gasteiger partial charge in [-0.2, -0.15) is 4.39 Å². The maximum atomic E-state index is 15.9. The Bertz CT molecular complexity index is 1570. The second kappa shape index (κ2) is 10.9. The third kappa shape index (κ3) is 5.54. The number of H-pyrrole nitrogens is 1. The van der Waals surface area contributed by atoms with Crippen LogP contribution in [0, 0.1) is 31.3 Å². The van der Waals surface area contributed by atoms with Crippen LogP contribution in [0.2, 0.25) is 5.02 Å². The maximum absolute atomic E-state index is 15.9. The van der Waals surface area contributed by atoms with Crippen molar-refractivity contribution in [2.75, 3.05) is 0 Å². The Morgan fingerprint density at radius 1 is 1.18 bits per heavy atom. The molecule has 0 aliphatic rings. The lowest BCUT2D eigenvalue weighted by molar-refractivity contribution is -0.368. The molecule has 4 aromatic heterocycles. The van der Waals surface area contributed by atoms with Gasteiger partial charge in [0.2, 0.25) is 5.82 Å². The molecule has 0 saturated heterocycles. The van der Waals surface area contributed by atoms with Crippen LogP contribution in [0.25, 0.3) is 17.1 Å². The molecule has 4 rings (SSSR count). The summed E-state index contributed by atoms with van der Waals surface area (Å²) in [5.41, 5.74) is -0.968. The summed E-state index contributed by atoms with van der Waals surface area (Å²) < 4.78 is 49.5. The average molecular weight is 549 g/mol. The number of nitrogens with one attached hydrogen (secondary N) is 1. The highest BCUT2D eigenvalue weighted by molar-refractivity contribution is 6.31. The van der Waals surface area contributed by atoms with Crippen molar-refractivity contribution in [1.29, 1.82) is 0 Å². The molecule has 0 bridgehead atoms. The molecular weight excluding hydrogens is 525 g/mol.